The summed E-state index contributed by atoms with van der Waals surface area (Å²) in [4.78, 5) is 25.5. The van der Waals surface area contributed by atoms with E-state index in [9.17, 15) is 14.9 Å². The largest absolute Gasteiger partial charge is 0.367 e. The van der Waals surface area contributed by atoms with Crippen molar-refractivity contribution in [2.24, 2.45) is 0 Å². The van der Waals surface area contributed by atoms with Crippen LogP contribution in [0.5, 0.6) is 0 Å². The maximum absolute atomic E-state index is 13.2. The lowest BCUT2D eigenvalue weighted by atomic mass is 10.1. The number of non-ortho nitro benzene ring substituents is 1. The van der Waals surface area contributed by atoms with E-state index in [2.05, 4.69) is 10.3 Å². The van der Waals surface area contributed by atoms with Gasteiger partial charge in [-0.15, -0.1) is 5.10 Å². The first kappa shape index (κ1) is 19.7. The third kappa shape index (κ3) is 3.79. The van der Waals surface area contributed by atoms with Crippen molar-refractivity contribution < 1.29 is 14.5 Å². The van der Waals surface area contributed by atoms with E-state index in [0.717, 1.165) is 5.56 Å². The molecule has 2 unspecified atom stereocenters. The van der Waals surface area contributed by atoms with Crippen LogP contribution in [0.4, 0.5) is 5.69 Å². The highest BCUT2D eigenvalue weighted by atomic mass is 16.6. The first-order valence-electron chi connectivity index (χ1n) is 9.61. The number of carbonyl (C=O) groups excluding carboxylic acids is 1. The van der Waals surface area contributed by atoms with Crippen molar-refractivity contribution in [1.29, 1.82) is 0 Å². The third-order valence-electron chi connectivity index (χ3n) is 5.10. The number of rotatable bonds is 4. The normalized spacial score (nSPS) is 18.9. The van der Waals surface area contributed by atoms with Crippen molar-refractivity contribution in [1.82, 2.24) is 19.9 Å². The number of morpholine rings is 1. The van der Waals surface area contributed by atoms with Gasteiger partial charge in [-0.05, 0) is 25.5 Å². The molecule has 0 spiro atoms. The Morgan fingerprint density at radius 3 is 2.67 bits per heavy atom. The van der Waals surface area contributed by atoms with Gasteiger partial charge in [-0.3, -0.25) is 14.9 Å². The standard InChI is InChI=1S/C21H21N5O4/c1-14-12-24(13-19(30-14)16-7-4-3-5-8-16)21(27)20-15(2)25(23-22-20)17-9-6-10-18(11-17)26(28)29/h3-11,14,19H,12-13H2,1-2H3. The van der Waals surface area contributed by atoms with E-state index in [-0.39, 0.29) is 29.5 Å². The zero-order valence-electron chi connectivity index (χ0n) is 16.6. The monoisotopic (exact) mass is 407 g/mol. The molecule has 4 rings (SSSR count). The van der Waals surface area contributed by atoms with Gasteiger partial charge in [0.05, 0.1) is 29.0 Å². The van der Waals surface area contributed by atoms with Crippen LogP contribution in [0.2, 0.25) is 0 Å². The van der Waals surface area contributed by atoms with Crippen LogP contribution in [0.1, 0.15) is 34.8 Å². The van der Waals surface area contributed by atoms with E-state index in [0.29, 0.717) is 24.5 Å². The van der Waals surface area contributed by atoms with Crippen LogP contribution in [-0.2, 0) is 4.74 Å². The zero-order valence-corrected chi connectivity index (χ0v) is 16.6. The average molecular weight is 407 g/mol. The van der Waals surface area contributed by atoms with Gasteiger partial charge in [-0.2, -0.15) is 0 Å². The van der Waals surface area contributed by atoms with Gasteiger partial charge in [-0.1, -0.05) is 41.6 Å². The van der Waals surface area contributed by atoms with E-state index >= 15 is 0 Å². The summed E-state index contributed by atoms with van der Waals surface area (Å²) in [6.07, 6.45) is -0.342. The Morgan fingerprint density at radius 1 is 1.17 bits per heavy atom. The molecule has 1 aliphatic rings. The SMILES string of the molecule is Cc1c(C(=O)N2CC(C)OC(c3ccccc3)C2)nnn1-c1cccc([N+](=O)[O-])c1. The van der Waals surface area contributed by atoms with Crippen molar-refractivity contribution in [2.75, 3.05) is 13.1 Å². The summed E-state index contributed by atoms with van der Waals surface area (Å²) in [7, 11) is 0. The molecule has 3 aromatic rings. The van der Waals surface area contributed by atoms with Crippen molar-refractivity contribution in [3.8, 4) is 5.69 Å². The number of carbonyl (C=O) groups is 1. The predicted octanol–water partition coefficient (Wildman–Crippen LogP) is 3.09. The number of ether oxygens (including phenoxy) is 1. The van der Waals surface area contributed by atoms with Gasteiger partial charge in [0, 0.05) is 18.7 Å². The van der Waals surface area contributed by atoms with Crippen LogP contribution in [0.15, 0.2) is 54.6 Å². The Bertz CT molecular complexity index is 1080. The van der Waals surface area contributed by atoms with Crippen LogP contribution in [0.3, 0.4) is 0 Å². The Labute approximate surface area is 173 Å². The van der Waals surface area contributed by atoms with Gasteiger partial charge in [-0.25, -0.2) is 4.68 Å². The molecule has 0 aliphatic carbocycles. The molecule has 1 fully saturated rings. The summed E-state index contributed by atoms with van der Waals surface area (Å²) in [5, 5.41) is 19.2. The molecule has 0 radical (unpaired) electrons. The highest BCUT2D eigenvalue weighted by molar-refractivity contribution is 5.93. The quantitative estimate of drug-likeness (QED) is 0.486. The van der Waals surface area contributed by atoms with Crippen molar-refractivity contribution >= 4 is 11.6 Å². The Kier molecular flexibility index (Phi) is 5.28. The van der Waals surface area contributed by atoms with E-state index < -0.39 is 4.92 Å². The Hall–Kier alpha value is -3.59. The first-order valence-corrected chi connectivity index (χ1v) is 9.61. The second-order valence-electron chi connectivity index (χ2n) is 7.27. The predicted molar refractivity (Wildman–Crippen MR) is 108 cm³/mol. The van der Waals surface area contributed by atoms with Gasteiger partial charge in [0.2, 0.25) is 0 Å². The minimum atomic E-state index is -0.472. The minimum absolute atomic E-state index is 0.0528. The fourth-order valence-electron chi connectivity index (χ4n) is 3.63. The van der Waals surface area contributed by atoms with Gasteiger partial charge in [0.25, 0.3) is 11.6 Å². The summed E-state index contributed by atoms with van der Waals surface area (Å²) in [6.45, 7) is 4.52. The molecule has 9 heteroatoms. The zero-order chi connectivity index (χ0) is 21.3. The van der Waals surface area contributed by atoms with Crippen molar-refractivity contribution in [2.45, 2.75) is 26.1 Å². The van der Waals surface area contributed by atoms with Crippen molar-refractivity contribution in [3.63, 3.8) is 0 Å². The molecule has 2 heterocycles. The molecule has 9 nitrogen and oxygen atoms in total. The molecule has 0 saturated carbocycles. The van der Waals surface area contributed by atoms with E-state index in [1.165, 1.54) is 16.8 Å². The number of benzene rings is 2. The molecule has 2 aromatic carbocycles. The fraction of sp³-hybridized carbons (Fsp3) is 0.286. The fourth-order valence-corrected chi connectivity index (χ4v) is 3.63. The van der Waals surface area contributed by atoms with Gasteiger partial charge < -0.3 is 9.64 Å². The van der Waals surface area contributed by atoms with E-state index in [1.807, 2.05) is 37.3 Å². The summed E-state index contributed by atoms with van der Waals surface area (Å²) < 4.78 is 7.47. The minimum Gasteiger partial charge on any atom is -0.367 e. The smallest absolute Gasteiger partial charge is 0.276 e. The molecule has 1 amide bonds. The second kappa shape index (κ2) is 8.03. The molecular formula is C21H21N5O4. The molecule has 2 atom stereocenters. The summed E-state index contributed by atoms with van der Waals surface area (Å²) in [5.74, 6) is -0.236. The first-order chi connectivity index (χ1) is 14.4. The number of nitrogens with zero attached hydrogens (tertiary/aromatic N) is 5. The highest BCUT2D eigenvalue weighted by Gasteiger charge is 2.32. The number of amides is 1. The van der Waals surface area contributed by atoms with Gasteiger partial charge >= 0.3 is 0 Å². The molecule has 0 bridgehead atoms. The van der Waals surface area contributed by atoms with Crippen molar-refractivity contribution in [3.05, 3.63) is 81.7 Å². The van der Waals surface area contributed by atoms with Gasteiger partial charge in [0.1, 0.15) is 6.10 Å². The lowest BCUT2D eigenvalue weighted by Gasteiger charge is -2.36. The maximum Gasteiger partial charge on any atom is 0.276 e. The highest BCUT2D eigenvalue weighted by Crippen LogP contribution is 2.26. The number of nitro benzene ring substituents is 1. The molecule has 1 saturated heterocycles. The summed E-state index contributed by atoms with van der Waals surface area (Å²) >= 11 is 0. The number of aromatic nitrogens is 3. The maximum atomic E-state index is 13.2. The molecule has 0 N–H and O–H groups in total. The molecular weight excluding hydrogens is 386 g/mol. The molecule has 154 valence electrons. The van der Waals surface area contributed by atoms with E-state index in [1.54, 1.807) is 24.0 Å². The lowest BCUT2D eigenvalue weighted by Crippen LogP contribution is -2.46. The topological polar surface area (TPSA) is 103 Å². The Morgan fingerprint density at radius 2 is 1.93 bits per heavy atom. The Balaban J connectivity index is 1.59. The van der Waals surface area contributed by atoms with Crippen LogP contribution in [0.25, 0.3) is 5.69 Å². The second-order valence-corrected chi connectivity index (χ2v) is 7.27. The number of hydrogen-bond acceptors (Lipinski definition) is 6. The number of hydrogen-bond donors (Lipinski definition) is 0. The molecule has 1 aliphatic heterocycles. The van der Waals surface area contributed by atoms with Crippen LogP contribution < -0.4 is 0 Å². The summed E-state index contributed by atoms with van der Waals surface area (Å²) in [6, 6.07) is 15.9. The van der Waals surface area contributed by atoms with Crippen LogP contribution in [0, 0.1) is 17.0 Å². The third-order valence-corrected chi connectivity index (χ3v) is 5.10. The average Bonchev–Trinajstić information content (AvgIpc) is 3.14. The lowest BCUT2D eigenvalue weighted by molar-refractivity contribution is -0.384. The van der Waals surface area contributed by atoms with E-state index in [4.69, 9.17) is 4.74 Å². The molecule has 1 aromatic heterocycles. The number of nitro groups is 1. The molecule has 30 heavy (non-hydrogen) atoms. The van der Waals surface area contributed by atoms with Crippen LogP contribution >= 0.6 is 0 Å². The van der Waals surface area contributed by atoms with Gasteiger partial charge in [0.15, 0.2) is 5.69 Å². The van der Waals surface area contributed by atoms with Crippen LogP contribution in [-0.4, -0.2) is 49.9 Å². The summed E-state index contributed by atoms with van der Waals surface area (Å²) in [5.41, 5.74) is 2.19.